The maximum atomic E-state index is 5.51. The normalized spacial score (nSPS) is 17.1. The highest BCUT2D eigenvalue weighted by atomic mass is 79.9. The van der Waals surface area contributed by atoms with Gasteiger partial charge in [0.15, 0.2) is 0 Å². The molecule has 1 fully saturated rings. The van der Waals surface area contributed by atoms with Crippen molar-refractivity contribution in [3.8, 4) is 5.88 Å². The van der Waals surface area contributed by atoms with E-state index in [1.54, 1.807) is 6.20 Å². The first-order valence-corrected chi connectivity index (χ1v) is 4.63. The van der Waals surface area contributed by atoms with Gasteiger partial charge in [0.05, 0.1) is 0 Å². The molecular formula is C8H9BrN2O. The van der Waals surface area contributed by atoms with Gasteiger partial charge in [0, 0.05) is 29.8 Å². The molecule has 64 valence electrons. The van der Waals surface area contributed by atoms with Gasteiger partial charge in [-0.3, -0.25) is 0 Å². The molecule has 0 spiro atoms. The quantitative estimate of drug-likeness (QED) is 0.827. The summed E-state index contributed by atoms with van der Waals surface area (Å²) in [6, 6.07) is 3.79. The van der Waals surface area contributed by atoms with E-state index in [1.807, 2.05) is 12.1 Å². The Labute approximate surface area is 79.3 Å². The molecule has 0 aliphatic carbocycles. The number of rotatable bonds is 2. The van der Waals surface area contributed by atoms with Gasteiger partial charge in [-0.25, -0.2) is 4.98 Å². The summed E-state index contributed by atoms with van der Waals surface area (Å²) in [5.74, 6) is 0.699. The molecule has 0 atom stereocenters. The molecular weight excluding hydrogens is 220 g/mol. The van der Waals surface area contributed by atoms with Crippen LogP contribution in [0.5, 0.6) is 5.88 Å². The number of hydrogen-bond acceptors (Lipinski definition) is 3. The van der Waals surface area contributed by atoms with Gasteiger partial charge >= 0.3 is 0 Å². The first-order chi connectivity index (χ1) is 5.84. The molecule has 0 bridgehead atoms. The number of aromatic nitrogens is 1. The Balaban J connectivity index is 1.98. The summed E-state index contributed by atoms with van der Waals surface area (Å²) in [5.41, 5.74) is 0. The fourth-order valence-electron chi connectivity index (χ4n) is 0.948. The Hall–Kier alpha value is -0.610. The Bertz CT molecular complexity index is 258. The van der Waals surface area contributed by atoms with Gasteiger partial charge in [-0.05, 0) is 22.0 Å². The van der Waals surface area contributed by atoms with E-state index in [2.05, 4.69) is 26.2 Å². The van der Waals surface area contributed by atoms with Gasteiger partial charge in [-0.2, -0.15) is 0 Å². The average molecular weight is 229 g/mol. The van der Waals surface area contributed by atoms with Crippen LogP contribution in [0.25, 0.3) is 0 Å². The Kier molecular flexibility index (Phi) is 2.28. The van der Waals surface area contributed by atoms with E-state index < -0.39 is 0 Å². The minimum absolute atomic E-state index is 0.304. The van der Waals surface area contributed by atoms with Crippen LogP contribution in [0.2, 0.25) is 0 Å². The van der Waals surface area contributed by atoms with Gasteiger partial charge in [-0.15, -0.1) is 0 Å². The average Bonchev–Trinajstić information content (AvgIpc) is 2.00. The van der Waals surface area contributed by atoms with Crippen molar-refractivity contribution in [1.29, 1.82) is 0 Å². The molecule has 1 aromatic heterocycles. The third-order valence-electron chi connectivity index (χ3n) is 1.73. The number of pyridine rings is 1. The molecule has 1 aliphatic rings. The predicted molar refractivity (Wildman–Crippen MR) is 49.2 cm³/mol. The largest absolute Gasteiger partial charge is 0.472 e. The zero-order valence-corrected chi connectivity index (χ0v) is 8.04. The standard InChI is InChI=1S/C8H9BrN2O/c9-6-1-2-8(11-3-6)12-7-4-10-5-7/h1-3,7,10H,4-5H2. The lowest BCUT2D eigenvalue weighted by atomic mass is 10.2. The van der Waals surface area contributed by atoms with Crippen LogP contribution in [-0.4, -0.2) is 24.2 Å². The van der Waals surface area contributed by atoms with Crippen molar-refractivity contribution in [2.75, 3.05) is 13.1 Å². The number of halogens is 1. The van der Waals surface area contributed by atoms with Gasteiger partial charge in [0.1, 0.15) is 6.10 Å². The molecule has 1 aliphatic heterocycles. The van der Waals surface area contributed by atoms with E-state index in [9.17, 15) is 0 Å². The zero-order valence-electron chi connectivity index (χ0n) is 6.46. The van der Waals surface area contributed by atoms with Crippen molar-refractivity contribution in [3.05, 3.63) is 22.8 Å². The fraction of sp³-hybridized carbons (Fsp3) is 0.375. The number of nitrogens with one attached hydrogen (secondary N) is 1. The van der Waals surface area contributed by atoms with E-state index in [1.165, 1.54) is 0 Å². The highest BCUT2D eigenvalue weighted by Gasteiger charge is 2.18. The molecule has 0 saturated carbocycles. The van der Waals surface area contributed by atoms with Gasteiger partial charge in [0.25, 0.3) is 0 Å². The highest BCUT2D eigenvalue weighted by Crippen LogP contribution is 2.14. The van der Waals surface area contributed by atoms with E-state index >= 15 is 0 Å². The van der Waals surface area contributed by atoms with Crippen LogP contribution in [0.1, 0.15) is 0 Å². The van der Waals surface area contributed by atoms with Crippen LogP contribution in [0.4, 0.5) is 0 Å². The molecule has 1 N–H and O–H groups in total. The van der Waals surface area contributed by atoms with E-state index in [-0.39, 0.29) is 0 Å². The minimum atomic E-state index is 0.304. The molecule has 3 nitrogen and oxygen atoms in total. The van der Waals surface area contributed by atoms with Gasteiger partial charge in [0.2, 0.25) is 5.88 Å². The molecule has 1 saturated heterocycles. The predicted octanol–water partition coefficient (Wildman–Crippen LogP) is 1.19. The third-order valence-corrected chi connectivity index (χ3v) is 2.20. The Morgan fingerprint density at radius 2 is 2.33 bits per heavy atom. The monoisotopic (exact) mass is 228 g/mol. The summed E-state index contributed by atoms with van der Waals surface area (Å²) in [4.78, 5) is 4.10. The summed E-state index contributed by atoms with van der Waals surface area (Å²) < 4.78 is 6.48. The Morgan fingerprint density at radius 3 is 2.83 bits per heavy atom. The summed E-state index contributed by atoms with van der Waals surface area (Å²) >= 11 is 3.31. The van der Waals surface area contributed by atoms with E-state index in [0.717, 1.165) is 17.6 Å². The lowest BCUT2D eigenvalue weighted by molar-refractivity contribution is 0.136. The van der Waals surface area contributed by atoms with Crippen molar-refractivity contribution >= 4 is 15.9 Å². The smallest absolute Gasteiger partial charge is 0.213 e. The second-order valence-electron chi connectivity index (χ2n) is 2.71. The lowest BCUT2D eigenvalue weighted by Gasteiger charge is -2.27. The zero-order chi connectivity index (χ0) is 8.39. The third kappa shape index (κ3) is 1.76. The molecule has 0 unspecified atom stereocenters. The van der Waals surface area contributed by atoms with Crippen LogP contribution >= 0.6 is 15.9 Å². The molecule has 0 aromatic carbocycles. The molecule has 2 rings (SSSR count). The summed E-state index contributed by atoms with van der Waals surface area (Å²) in [7, 11) is 0. The molecule has 0 radical (unpaired) electrons. The minimum Gasteiger partial charge on any atom is -0.472 e. The van der Waals surface area contributed by atoms with Crippen LogP contribution in [0, 0.1) is 0 Å². The Morgan fingerprint density at radius 1 is 1.50 bits per heavy atom. The second kappa shape index (κ2) is 3.41. The van der Waals surface area contributed by atoms with E-state index in [4.69, 9.17) is 4.74 Å². The fourth-order valence-corrected chi connectivity index (χ4v) is 1.18. The van der Waals surface area contributed by atoms with Crippen molar-refractivity contribution in [1.82, 2.24) is 10.3 Å². The van der Waals surface area contributed by atoms with Gasteiger partial charge < -0.3 is 10.1 Å². The molecule has 12 heavy (non-hydrogen) atoms. The molecule has 4 heteroatoms. The maximum absolute atomic E-state index is 5.51. The van der Waals surface area contributed by atoms with E-state index in [0.29, 0.717) is 12.0 Å². The van der Waals surface area contributed by atoms with Crippen molar-refractivity contribution in [2.24, 2.45) is 0 Å². The van der Waals surface area contributed by atoms with Crippen LogP contribution in [0.15, 0.2) is 22.8 Å². The SMILES string of the molecule is Brc1ccc(OC2CNC2)nc1. The first kappa shape index (κ1) is 8.01. The lowest BCUT2D eigenvalue weighted by Crippen LogP contribution is -2.50. The van der Waals surface area contributed by atoms with Crippen LogP contribution in [0.3, 0.4) is 0 Å². The topological polar surface area (TPSA) is 34.1 Å². The highest BCUT2D eigenvalue weighted by molar-refractivity contribution is 9.10. The second-order valence-corrected chi connectivity index (χ2v) is 3.63. The number of hydrogen-bond donors (Lipinski definition) is 1. The van der Waals surface area contributed by atoms with Crippen molar-refractivity contribution in [3.63, 3.8) is 0 Å². The number of nitrogens with zero attached hydrogens (tertiary/aromatic N) is 1. The van der Waals surface area contributed by atoms with Crippen molar-refractivity contribution in [2.45, 2.75) is 6.10 Å². The first-order valence-electron chi connectivity index (χ1n) is 3.83. The summed E-state index contributed by atoms with van der Waals surface area (Å²) in [6.45, 7) is 1.86. The maximum Gasteiger partial charge on any atom is 0.213 e. The molecule has 0 amide bonds. The number of ether oxygens (including phenoxy) is 1. The van der Waals surface area contributed by atoms with Gasteiger partial charge in [-0.1, -0.05) is 0 Å². The molecule has 1 aromatic rings. The summed E-state index contributed by atoms with van der Waals surface area (Å²) in [6.07, 6.45) is 2.04. The van der Waals surface area contributed by atoms with Crippen molar-refractivity contribution < 1.29 is 4.74 Å². The summed E-state index contributed by atoms with van der Waals surface area (Å²) in [5, 5.41) is 3.13. The van der Waals surface area contributed by atoms with Crippen LogP contribution in [-0.2, 0) is 0 Å². The molecule has 2 heterocycles. The van der Waals surface area contributed by atoms with Crippen LogP contribution < -0.4 is 10.1 Å².